The van der Waals surface area contributed by atoms with E-state index >= 15 is 0 Å². The van der Waals surface area contributed by atoms with Crippen molar-refractivity contribution in [3.05, 3.63) is 71.3 Å². The van der Waals surface area contributed by atoms with E-state index in [4.69, 9.17) is 4.74 Å². The lowest BCUT2D eigenvalue weighted by atomic mass is 10.0. The summed E-state index contributed by atoms with van der Waals surface area (Å²) in [4.78, 5) is 37.4. The average Bonchev–Trinajstić information content (AvgIpc) is 2.87. The standard InChI is InChI=1S/C21H21NO4/c1-15(23)26-17(14-16-8-3-2-4-9-16)10-7-13-22-20(24)18-11-5-6-12-19(18)21(22)25/h2-6,8-9,11-12,17H,7,10,13-14H2,1H3/t17-/m1/s1. The number of fused-ring (bicyclic) bond motifs is 1. The quantitative estimate of drug-likeness (QED) is 0.567. The summed E-state index contributed by atoms with van der Waals surface area (Å²) in [5.41, 5.74) is 2.00. The van der Waals surface area contributed by atoms with Crippen LogP contribution in [0, 0.1) is 0 Å². The zero-order chi connectivity index (χ0) is 18.5. The fraction of sp³-hybridized carbons (Fsp3) is 0.286. The fourth-order valence-corrected chi connectivity index (χ4v) is 3.23. The van der Waals surface area contributed by atoms with Crippen molar-refractivity contribution in [3.8, 4) is 0 Å². The molecule has 0 radical (unpaired) electrons. The van der Waals surface area contributed by atoms with Crippen LogP contribution in [0.5, 0.6) is 0 Å². The highest BCUT2D eigenvalue weighted by atomic mass is 16.5. The lowest BCUT2D eigenvalue weighted by Gasteiger charge is -2.19. The molecule has 0 aliphatic carbocycles. The topological polar surface area (TPSA) is 63.7 Å². The maximum absolute atomic E-state index is 12.4. The highest BCUT2D eigenvalue weighted by molar-refractivity contribution is 6.21. The molecule has 1 atom stereocenters. The van der Waals surface area contributed by atoms with E-state index in [1.807, 2.05) is 30.3 Å². The van der Waals surface area contributed by atoms with E-state index in [0.717, 1.165) is 5.56 Å². The summed E-state index contributed by atoms with van der Waals surface area (Å²) in [6.45, 7) is 1.71. The minimum Gasteiger partial charge on any atom is -0.462 e. The SMILES string of the molecule is CC(=O)O[C@H](CCCN1C(=O)c2ccccc2C1=O)Cc1ccccc1. The molecule has 2 amide bonds. The highest BCUT2D eigenvalue weighted by Gasteiger charge is 2.34. The molecule has 0 saturated heterocycles. The molecule has 2 aromatic rings. The lowest BCUT2D eigenvalue weighted by Crippen LogP contribution is -2.31. The van der Waals surface area contributed by atoms with Gasteiger partial charge in [0.05, 0.1) is 11.1 Å². The Morgan fingerprint density at radius 1 is 0.962 bits per heavy atom. The third kappa shape index (κ3) is 3.99. The second kappa shape index (κ2) is 7.95. The van der Waals surface area contributed by atoms with Gasteiger partial charge in [-0.2, -0.15) is 0 Å². The Kier molecular flexibility index (Phi) is 5.46. The molecule has 0 spiro atoms. The van der Waals surface area contributed by atoms with Crippen molar-refractivity contribution in [1.29, 1.82) is 0 Å². The van der Waals surface area contributed by atoms with Crippen LogP contribution in [0.2, 0.25) is 0 Å². The molecule has 1 heterocycles. The van der Waals surface area contributed by atoms with Gasteiger partial charge in [0.25, 0.3) is 11.8 Å². The lowest BCUT2D eigenvalue weighted by molar-refractivity contribution is -0.146. The van der Waals surface area contributed by atoms with Gasteiger partial charge >= 0.3 is 5.97 Å². The summed E-state index contributed by atoms with van der Waals surface area (Å²) in [5.74, 6) is -0.831. The van der Waals surface area contributed by atoms with Crippen molar-refractivity contribution >= 4 is 17.8 Å². The van der Waals surface area contributed by atoms with Gasteiger partial charge in [-0.3, -0.25) is 19.3 Å². The number of benzene rings is 2. The maximum atomic E-state index is 12.4. The summed E-state index contributed by atoms with van der Waals surface area (Å²) in [5, 5.41) is 0. The number of ether oxygens (including phenoxy) is 1. The van der Waals surface area contributed by atoms with E-state index in [1.165, 1.54) is 11.8 Å². The third-order valence-electron chi connectivity index (χ3n) is 4.42. The van der Waals surface area contributed by atoms with E-state index in [1.54, 1.807) is 24.3 Å². The van der Waals surface area contributed by atoms with Crippen LogP contribution < -0.4 is 0 Å². The molecule has 26 heavy (non-hydrogen) atoms. The predicted octanol–water partition coefficient (Wildman–Crippen LogP) is 3.24. The maximum Gasteiger partial charge on any atom is 0.302 e. The van der Waals surface area contributed by atoms with E-state index in [0.29, 0.717) is 36.9 Å². The molecule has 5 nitrogen and oxygen atoms in total. The molecule has 134 valence electrons. The average molecular weight is 351 g/mol. The fourth-order valence-electron chi connectivity index (χ4n) is 3.23. The third-order valence-corrected chi connectivity index (χ3v) is 4.42. The van der Waals surface area contributed by atoms with Gasteiger partial charge in [0.2, 0.25) is 0 Å². The van der Waals surface area contributed by atoms with Crippen molar-refractivity contribution in [3.63, 3.8) is 0 Å². The Balaban J connectivity index is 1.59. The van der Waals surface area contributed by atoms with Gasteiger partial charge in [-0.25, -0.2) is 0 Å². The van der Waals surface area contributed by atoms with Crippen LogP contribution in [0.25, 0.3) is 0 Å². The van der Waals surface area contributed by atoms with Crippen LogP contribution in [0.15, 0.2) is 54.6 Å². The van der Waals surface area contributed by atoms with Crippen LogP contribution in [0.4, 0.5) is 0 Å². The summed E-state index contributed by atoms with van der Waals surface area (Å²) >= 11 is 0. The number of hydrogen-bond acceptors (Lipinski definition) is 4. The highest BCUT2D eigenvalue weighted by Crippen LogP contribution is 2.23. The summed E-state index contributed by atoms with van der Waals surface area (Å²) < 4.78 is 5.41. The van der Waals surface area contributed by atoms with Crippen molar-refractivity contribution in [2.45, 2.75) is 32.3 Å². The van der Waals surface area contributed by atoms with Gasteiger partial charge in [-0.1, -0.05) is 42.5 Å². The Bertz CT molecular complexity index is 781. The number of imide groups is 1. The van der Waals surface area contributed by atoms with Crippen LogP contribution in [0.3, 0.4) is 0 Å². The van der Waals surface area contributed by atoms with Gasteiger partial charge in [-0.15, -0.1) is 0 Å². The second-order valence-corrected chi connectivity index (χ2v) is 6.37. The Morgan fingerprint density at radius 2 is 1.54 bits per heavy atom. The van der Waals surface area contributed by atoms with Crippen molar-refractivity contribution in [2.24, 2.45) is 0 Å². The normalized spacial score (nSPS) is 14.3. The second-order valence-electron chi connectivity index (χ2n) is 6.37. The minimum absolute atomic E-state index is 0.252. The zero-order valence-electron chi connectivity index (χ0n) is 14.7. The number of carbonyl (C=O) groups excluding carboxylic acids is 3. The minimum atomic E-state index is -0.327. The van der Waals surface area contributed by atoms with E-state index < -0.39 is 0 Å². The molecule has 3 rings (SSSR count). The zero-order valence-corrected chi connectivity index (χ0v) is 14.7. The number of carbonyl (C=O) groups is 3. The van der Waals surface area contributed by atoms with Gasteiger partial charge < -0.3 is 4.74 Å². The number of esters is 1. The number of nitrogens with zero attached hydrogens (tertiary/aromatic N) is 1. The first kappa shape index (κ1) is 17.9. The molecule has 1 aliphatic rings. The Morgan fingerprint density at radius 3 is 2.12 bits per heavy atom. The van der Waals surface area contributed by atoms with Crippen molar-refractivity contribution in [2.75, 3.05) is 6.54 Å². The number of rotatable bonds is 7. The summed E-state index contributed by atoms with van der Waals surface area (Å²) in [6.07, 6.45) is 1.51. The van der Waals surface area contributed by atoms with Gasteiger partial charge in [0, 0.05) is 19.9 Å². The molecule has 0 aromatic heterocycles. The first-order chi connectivity index (χ1) is 12.6. The first-order valence-electron chi connectivity index (χ1n) is 8.72. The first-order valence-corrected chi connectivity index (χ1v) is 8.72. The van der Waals surface area contributed by atoms with Crippen molar-refractivity contribution in [1.82, 2.24) is 4.90 Å². The van der Waals surface area contributed by atoms with Gasteiger partial charge in [0.1, 0.15) is 6.10 Å². The van der Waals surface area contributed by atoms with Crippen LogP contribution in [-0.4, -0.2) is 35.3 Å². The molecule has 2 aromatic carbocycles. The van der Waals surface area contributed by atoms with Gasteiger partial charge in [0.15, 0.2) is 0 Å². The van der Waals surface area contributed by atoms with E-state index in [-0.39, 0.29) is 23.9 Å². The molecular formula is C21H21NO4. The summed E-state index contributed by atoms with van der Waals surface area (Å²) in [6, 6.07) is 16.7. The smallest absolute Gasteiger partial charge is 0.302 e. The number of amides is 2. The van der Waals surface area contributed by atoms with Crippen LogP contribution in [-0.2, 0) is 16.0 Å². The molecule has 5 heteroatoms. The van der Waals surface area contributed by atoms with Crippen molar-refractivity contribution < 1.29 is 19.1 Å². The largest absolute Gasteiger partial charge is 0.462 e. The molecule has 0 fully saturated rings. The van der Waals surface area contributed by atoms with Crippen LogP contribution >= 0.6 is 0 Å². The molecule has 0 unspecified atom stereocenters. The summed E-state index contributed by atoms with van der Waals surface area (Å²) in [7, 11) is 0. The monoisotopic (exact) mass is 351 g/mol. The van der Waals surface area contributed by atoms with Crippen LogP contribution in [0.1, 0.15) is 46.0 Å². The Labute approximate surface area is 152 Å². The molecule has 0 N–H and O–H groups in total. The van der Waals surface area contributed by atoms with Gasteiger partial charge in [-0.05, 0) is 30.5 Å². The molecule has 0 saturated carbocycles. The van der Waals surface area contributed by atoms with E-state index in [9.17, 15) is 14.4 Å². The number of hydrogen-bond donors (Lipinski definition) is 0. The van der Waals surface area contributed by atoms with E-state index in [2.05, 4.69) is 0 Å². The predicted molar refractivity (Wildman–Crippen MR) is 96.7 cm³/mol. The molecular weight excluding hydrogens is 330 g/mol. The Hall–Kier alpha value is -2.95. The molecule has 0 bridgehead atoms. The molecule has 1 aliphatic heterocycles.